The summed E-state index contributed by atoms with van der Waals surface area (Å²) in [6, 6.07) is 12.1. The molecule has 31 heavy (non-hydrogen) atoms. The first-order chi connectivity index (χ1) is 14.9. The molecule has 0 atom stereocenters. The van der Waals surface area contributed by atoms with E-state index < -0.39 is 0 Å². The van der Waals surface area contributed by atoms with Gasteiger partial charge >= 0.3 is 0 Å². The Bertz CT molecular complexity index is 1080. The molecular formula is C25H26FN3O2. The van der Waals surface area contributed by atoms with Crippen LogP contribution in [0.4, 0.5) is 4.39 Å². The zero-order valence-corrected chi connectivity index (χ0v) is 18.1. The summed E-state index contributed by atoms with van der Waals surface area (Å²) in [6.45, 7) is 3.93. The van der Waals surface area contributed by atoms with Crippen LogP contribution in [-0.4, -0.2) is 33.6 Å². The second-order valence-corrected chi connectivity index (χ2v) is 7.51. The van der Waals surface area contributed by atoms with Crippen LogP contribution in [0.1, 0.15) is 46.9 Å². The van der Waals surface area contributed by atoms with E-state index in [-0.39, 0.29) is 24.1 Å². The van der Waals surface area contributed by atoms with Gasteiger partial charge in [-0.15, -0.1) is 0 Å². The summed E-state index contributed by atoms with van der Waals surface area (Å²) in [7, 11) is 1.66. The molecule has 0 N–H and O–H groups in total. The van der Waals surface area contributed by atoms with Gasteiger partial charge in [0.1, 0.15) is 5.82 Å². The molecule has 0 aliphatic carbocycles. The van der Waals surface area contributed by atoms with Crippen LogP contribution in [0.3, 0.4) is 0 Å². The molecule has 0 saturated heterocycles. The van der Waals surface area contributed by atoms with E-state index in [0.717, 1.165) is 11.3 Å². The van der Waals surface area contributed by atoms with Crippen molar-refractivity contribution >= 4 is 11.7 Å². The summed E-state index contributed by atoms with van der Waals surface area (Å²) in [5.74, 6) is -0.418. The number of rotatable bonds is 8. The summed E-state index contributed by atoms with van der Waals surface area (Å²) in [4.78, 5) is 34.3. The molecule has 1 amide bonds. The molecule has 3 rings (SSSR count). The lowest BCUT2D eigenvalue weighted by molar-refractivity contribution is -0.130. The van der Waals surface area contributed by atoms with Crippen LogP contribution in [0.2, 0.25) is 0 Å². The molecule has 0 aliphatic rings. The van der Waals surface area contributed by atoms with Gasteiger partial charge in [0.2, 0.25) is 5.91 Å². The van der Waals surface area contributed by atoms with Crippen molar-refractivity contribution in [1.82, 2.24) is 14.9 Å². The van der Waals surface area contributed by atoms with Crippen LogP contribution in [-0.2, 0) is 17.8 Å². The highest BCUT2D eigenvalue weighted by molar-refractivity contribution is 5.96. The quantitative estimate of drug-likeness (QED) is 0.493. The normalized spacial score (nSPS) is 10.7. The van der Waals surface area contributed by atoms with Crippen LogP contribution in [0.25, 0.3) is 11.3 Å². The first-order valence-electron chi connectivity index (χ1n) is 10.3. The zero-order valence-electron chi connectivity index (χ0n) is 18.1. The summed E-state index contributed by atoms with van der Waals surface area (Å²) in [5.41, 5.74) is 4.17. The molecule has 0 aliphatic heterocycles. The Morgan fingerprint density at radius 3 is 2.52 bits per heavy atom. The lowest BCUT2D eigenvalue weighted by atomic mass is 10.0. The maximum absolute atomic E-state index is 14.5. The molecule has 0 bridgehead atoms. The number of amides is 1. The fourth-order valence-electron chi connectivity index (χ4n) is 3.35. The monoisotopic (exact) mass is 419 g/mol. The summed E-state index contributed by atoms with van der Waals surface area (Å²) >= 11 is 0. The molecular weight excluding hydrogens is 393 g/mol. The molecule has 0 unspecified atom stereocenters. The number of carbonyl (C=O) groups excluding carboxylic acids is 2. The Morgan fingerprint density at radius 1 is 1.06 bits per heavy atom. The second kappa shape index (κ2) is 10.1. The van der Waals surface area contributed by atoms with Gasteiger partial charge in [0.25, 0.3) is 0 Å². The third-order valence-corrected chi connectivity index (χ3v) is 5.31. The van der Waals surface area contributed by atoms with Crippen molar-refractivity contribution in [2.75, 3.05) is 7.05 Å². The second-order valence-electron chi connectivity index (χ2n) is 7.51. The van der Waals surface area contributed by atoms with Crippen LogP contribution in [0.5, 0.6) is 0 Å². The van der Waals surface area contributed by atoms with E-state index in [0.29, 0.717) is 41.6 Å². The Balaban J connectivity index is 1.66. The largest absolute Gasteiger partial charge is 0.341 e. The molecule has 2 aromatic heterocycles. The Kier molecular flexibility index (Phi) is 7.23. The number of nitrogens with zero attached hydrogens (tertiary/aromatic N) is 3. The number of hydrogen-bond donors (Lipinski definition) is 0. The third-order valence-electron chi connectivity index (χ3n) is 5.31. The van der Waals surface area contributed by atoms with Crippen molar-refractivity contribution in [3.63, 3.8) is 0 Å². The number of pyridine rings is 2. The molecule has 0 fully saturated rings. The molecule has 2 heterocycles. The van der Waals surface area contributed by atoms with Crippen molar-refractivity contribution in [2.24, 2.45) is 0 Å². The predicted octanol–water partition coefficient (Wildman–Crippen LogP) is 4.78. The first-order valence-corrected chi connectivity index (χ1v) is 10.3. The summed E-state index contributed by atoms with van der Waals surface area (Å²) in [6.07, 6.45) is 4.66. The maximum atomic E-state index is 14.5. The van der Waals surface area contributed by atoms with Gasteiger partial charge in [-0.1, -0.05) is 25.1 Å². The van der Waals surface area contributed by atoms with Crippen molar-refractivity contribution < 1.29 is 14.0 Å². The molecule has 1 aromatic carbocycles. The Hall–Kier alpha value is -3.41. The molecule has 0 radical (unpaired) electrons. The number of ketones is 1. The predicted molar refractivity (Wildman–Crippen MR) is 118 cm³/mol. The minimum Gasteiger partial charge on any atom is -0.341 e. The fourth-order valence-corrected chi connectivity index (χ4v) is 3.35. The van der Waals surface area contributed by atoms with Gasteiger partial charge in [-0.2, -0.15) is 0 Å². The summed E-state index contributed by atoms with van der Waals surface area (Å²) in [5, 5.41) is 0. The van der Waals surface area contributed by atoms with Crippen LogP contribution >= 0.6 is 0 Å². The molecule has 160 valence electrons. The molecule has 0 saturated carbocycles. The van der Waals surface area contributed by atoms with Crippen LogP contribution < -0.4 is 0 Å². The van der Waals surface area contributed by atoms with E-state index in [9.17, 15) is 14.0 Å². The van der Waals surface area contributed by atoms with Gasteiger partial charge in [-0.05, 0) is 43.2 Å². The van der Waals surface area contributed by atoms with Gasteiger partial charge < -0.3 is 4.90 Å². The van der Waals surface area contributed by atoms with E-state index in [1.165, 1.54) is 17.2 Å². The lowest BCUT2D eigenvalue weighted by Crippen LogP contribution is -2.25. The van der Waals surface area contributed by atoms with Crippen LogP contribution in [0.15, 0.2) is 54.9 Å². The van der Waals surface area contributed by atoms with E-state index in [2.05, 4.69) is 9.97 Å². The number of aryl methyl sites for hydroxylation is 2. The summed E-state index contributed by atoms with van der Waals surface area (Å²) < 4.78 is 14.5. The van der Waals surface area contributed by atoms with E-state index in [1.807, 2.05) is 19.1 Å². The van der Waals surface area contributed by atoms with Crippen molar-refractivity contribution in [3.05, 3.63) is 83.1 Å². The third kappa shape index (κ3) is 5.60. The van der Waals surface area contributed by atoms with E-state index in [1.54, 1.807) is 44.4 Å². The average molecular weight is 420 g/mol. The number of carbonyl (C=O) groups is 2. The minimum atomic E-state index is -0.387. The smallest absolute Gasteiger partial charge is 0.222 e. The van der Waals surface area contributed by atoms with Crippen molar-refractivity contribution in [3.8, 4) is 11.3 Å². The van der Waals surface area contributed by atoms with Crippen molar-refractivity contribution in [1.29, 1.82) is 0 Å². The lowest BCUT2D eigenvalue weighted by Gasteiger charge is -2.17. The van der Waals surface area contributed by atoms with Gasteiger partial charge in [0.15, 0.2) is 5.78 Å². The zero-order chi connectivity index (χ0) is 22.4. The highest BCUT2D eigenvalue weighted by atomic mass is 19.1. The Labute approximate surface area is 182 Å². The number of Topliss-reactive ketones (excluding diaryl/α,β-unsaturated/α-hetero) is 1. The van der Waals surface area contributed by atoms with E-state index in [4.69, 9.17) is 0 Å². The number of aromatic nitrogens is 2. The number of halogens is 1. The number of hydrogen-bond acceptors (Lipinski definition) is 4. The molecule has 3 aromatic rings. The maximum Gasteiger partial charge on any atom is 0.222 e. The number of benzene rings is 1. The highest BCUT2D eigenvalue weighted by Crippen LogP contribution is 2.22. The first kappa shape index (κ1) is 22.3. The van der Waals surface area contributed by atoms with Gasteiger partial charge in [0, 0.05) is 61.2 Å². The van der Waals surface area contributed by atoms with Gasteiger partial charge in [0.05, 0.1) is 5.69 Å². The van der Waals surface area contributed by atoms with E-state index >= 15 is 0 Å². The minimum absolute atomic E-state index is 0.00691. The van der Waals surface area contributed by atoms with Crippen molar-refractivity contribution in [2.45, 2.75) is 39.7 Å². The standard InChI is InChI=1S/C25H26FN3O2/c1-4-25(31)29(3)16-21-8-7-19(14-22(21)26)23-11-9-20(15-28-23)24(30)12-10-18-6-5-13-27-17(18)2/h5-9,11,13-15H,4,10,12,16H2,1-3H3. The van der Waals surface area contributed by atoms with Gasteiger partial charge in [-0.3, -0.25) is 19.6 Å². The Morgan fingerprint density at radius 2 is 1.87 bits per heavy atom. The SMILES string of the molecule is CCC(=O)N(C)Cc1ccc(-c2ccc(C(=O)CCc3cccnc3C)cn2)cc1F. The highest BCUT2D eigenvalue weighted by Gasteiger charge is 2.13. The topological polar surface area (TPSA) is 63.2 Å². The molecule has 0 spiro atoms. The fraction of sp³-hybridized carbons (Fsp3) is 0.280. The average Bonchev–Trinajstić information content (AvgIpc) is 2.79. The van der Waals surface area contributed by atoms with Crippen LogP contribution in [0, 0.1) is 12.7 Å². The van der Waals surface area contributed by atoms with Gasteiger partial charge in [-0.25, -0.2) is 4.39 Å². The molecule has 6 heteroatoms. The molecule has 5 nitrogen and oxygen atoms in total.